The number of hydrogen-bond acceptors (Lipinski definition) is 3. The third-order valence-corrected chi connectivity index (χ3v) is 4.75. The van der Waals surface area contributed by atoms with Gasteiger partial charge in [0.05, 0.1) is 0 Å². The third-order valence-electron chi connectivity index (χ3n) is 4.75. The summed E-state index contributed by atoms with van der Waals surface area (Å²) in [6.45, 7) is 6.81. The highest BCUT2D eigenvalue weighted by Crippen LogP contribution is 2.33. The van der Waals surface area contributed by atoms with Crippen LogP contribution in [-0.2, 0) is 11.3 Å². The number of aliphatic carboxylic acids is 1. The standard InChI is InChI=1S/C17H24N2O4/c1-4-17(12(2)3,15(21)22)19-10-9-18(16(19)23)11-13-5-7-14(20)8-6-13/h5-8,12,20H,4,9-11H2,1-3H3,(H,21,22). The highest BCUT2D eigenvalue weighted by Gasteiger charge is 2.51. The summed E-state index contributed by atoms with van der Waals surface area (Å²) in [6.07, 6.45) is 0.374. The molecule has 6 nitrogen and oxygen atoms in total. The number of urea groups is 1. The van der Waals surface area contributed by atoms with Gasteiger partial charge in [-0.1, -0.05) is 32.9 Å². The van der Waals surface area contributed by atoms with E-state index in [-0.39, 0.29) is 17.7 Å². The average Bonchev–Trinajstić information content (AvgIpc) is 2.84. The molecular formula is C17H24N2O4. The maximum Gasteiger partial charge on any atom is 0.329 e. The number of carboxylic acid groups (broad SMARTS) is 1. The van der Waals surface area contributed by atoms with Crippen molar-refractivity contribution in [3.63, 3.8) is 0 Å². The van der Waals surface area contributed by atoms with E-state index in [9.17, 15) is 19.8 Å². The van der Waals surface area contributed by atoms with E-state index in [1.807, 2.05) is 20.8 Å². The highest BCUT2D eigenvalue weighted by atomic mass is 16.4. The van der Waals surface area contributed by atoms with E-state index in [1.165, 1.54) is 4.90 Å². The Morgan fingerprint density at radius 1 is 1.26 bits per heavy atom. The highest BCUT2D eigenvalue weighted by molar-refractivity contribution is 5.87. The number of phenols is 1. The molecular weight excluding hydrogens is 296 g/mol. The normalized spacial score (nSPS) is 17.7. The summed E-state index contributed by atoms with van der Waals surface area (Å²) >= 11 is 0. The molecule has 23 heavy (non-hydrogen) atoms. The topological polar surface area (TPSA) is 81.1 Å². The van der Waals surface area contributed by atoms with Crippen molar-refractivity contribution in [3.05, 3.63) is 29.8 Å². The van der Waals surface area contributed by atoms with E-state index >= 15 is 0 Å². The molecule has 0 radical (unpaired) electrons. The van der Waals surface area contributed by atoms with Crippen molar-refractivity contribution < 1.29 is 19.8 Å². The Morgan fingerprint density at radius 3 is 2.35 bits per heavy atom. The predicted octanol–water partition coefficient (Wildman–Crippen LogP) is 2.52. The van der Waals surface area contributed by atoms with Gasteiger partial charge in [0.2, 0.25) is 0 Å². The van der Waals surface area contributed by atoms with Gasteiger partial charge < -0.3 is 20.0 Å². The lowest BCUT2D eigenvalue weighted by Crippen LogP contribution is -2.59. The zero-order chi connectivity index (χ0) is 17.2. The van der Waals surface area contributed by atoms with Crippen molar-refractivity contribution in [2.75, 3.05) is 13.1 Å². The number of carbonyl (C=O) groups excluding carboxylic acids is 1. The predicted molar refractivity (Wildman–Crippen MR) is 86.1 cm³/mol. The molecule has 0 aromatic heterocycles. The van der Waals surface area contributed by atoms with Crippen LogP contribution in [-0.4, -0.2) is 50.6 Å². The Bertz CT molecular complexity index is 585. The van der Waals surface area contributed by atoms with Crippen LogP contribution >= 0.6 is 0 Å². The van der Waals surface area contributed by atoms with E-state index in [4.69, 9.17) is 0 Å². The molecule has 2 rings (SSSR count). The zero-order valence-electron chi connectivity index (χ0n) is 13.8. The second-order valence-electron chi connectivity index (χ2n) is 6.26. The van der Waals surface area contributed by atoms with Crippen LogP contribution in [0.25, 0.3) is 0 Å². The Kier molecular flexibility index (Phi) is 4.82. The molecule has 1 heterocycles. The van der Waals surface area contributed by atoms with E-state index < -0.39 is 11.5 Å². The third kappa shape index (κ3) is 2.98. The maximum atomic E-state index is 12.7. The molecule has 1 aromatic rings. The Balaban J connectivity index is 2.20. The molecule has 1 aliphatic heterocycles. The van der Waals surface area contributed by atoms with Gasteiger partial charge in [-0.15, -0.1) is 0 Å². The van der Waals surface area contributed by atoms with Crippen LogP contribution in [0.15, 0.2) is 24.3 Å². The number of hydrogen-bond donors (Lipinski definition) is 2. The van der Waals surface area contributed by atoms with Gasteiger partial charge in [0.25, 0.3) is 0 Å². The number of aromatic hydroxyl groups is 1. The summed E-state index contributed by atoms with van der Waals surface area (Å²) in [5, 5.41) is 19.1. The molecule has 1 unspecified atom stereocenters. The smallest absolute Gasteiger partial charge is 0.329 e. The fourth-order valence-corrected chi connectivity index (χ4v) is 3.35. The van der Waals surface area contributed by atoms with E-state index in [0.717, 1.165) is 5.56 Å². The largest absolute Gasteiger partial charge is 0.508 e. The number of phenolic OH excluding ortho intramolecular Hbond substituents is 1. The fraction of sp³-hybridized carbons (Fsp3) is 0.529. The first-order valence-corrected chi connectivity index (χ1v) is 7.90. The molecule has 6 heteroatoms. The minimum atomic E-state index is -1.17. The van der Waals surface area contributed by atoms with Gasteiger partial charge in [-0.2, -0.15) is 0 Å². The molecule has 2 amide bonds. The molecule has 0 saturated carbocycles. The molecule has 1 aliphatic rings. The number of benzene rings is 1. The lowest BCUT2D eigenvalue weighted by Gasteiger charge is -2.40. The maximum absolute atomic E-state index is 12.7. The number of rotatable bonds is 6. The van der Waals surface area contributed by atoms with Crippen LogP contribution in [0.3, 0.4) is 0 Å². The van der Waals surface area contributed by atoms with Gasteiger partial charge >= 0.3 is 12.0 Å². The minimum Gasteiger partial charge on any atom is -0.508 e. The fourth-order valence-electron chi connectivity index (χ4n) is 3.35. The molecule has 0 aliphatic carbocycles. The number of nitrogens with zero attached hydrogens (tertiary/aromatic N) is 2. The first-order chi connectivity index (χ1) is 10.8. The van der Waals surface area contributed by atoms with Crippen molar-refractivity contribution in [3.8, 4) is 5.75 Å². The summed E-state index contributed by atoms with van der Waals surface area (Å²) in [5.74, 6) is -0.948. The molecule has 1 atom stereocenters. The second kappa shape index (κ2) is 6.48. The van der Waals surface area contributed by atoms with Crippen molar-refractivity contribution in [1.29, 1.82) is 0 Å². The number of carbonyl (C=O) groups is 2. The average molecular weight is 320 g/mol. The summed E-state index contributed by atoms with van der Waals surface area (Å²) in [7, 11) is 0. The molecule has 1 aromatic carbocycles. The van der Waals surface area contributed by atoms with Gasteiger partial charge in [0.15, 0.2) is 0 Å². The van der Waals surface area contributed by atoms with Crippen molar-refractivity contribution in [2.24, 2.45) is 5.92 Å². The minimum absolute atomic E-state index is 0.178. The summed E-state index contributed by atoms with van der Waals surface area (Å²) in [6, 6.07) is 6.44. The Labute approximate surface area is 136 Å². The van der Waals surface area contributed by atoms with Crippen LogP contribution in [0.2, 0.25) is 0 Å². The monoisotopic (exact) mass is 320 g/mol. The van der Waals surface area contributed by atoms with Crippen molar-refractivity contribution in [1.82, 2.24) is 9.80 Å². The second-order valence-corrected chi connectivity index (χ2v) is 6.26. The van der Waals surface area contributed by atoms with E-state index in [1.54, 1.807) is 29.2 Å². The van der Waals surface area contributed by atoms with Gasteiger partial charge in [0, 0.05) is 19.6 Å². The van der Waals surface area contributed by atoms with Crippen molar-refractivity contribution >= 4 is 12.0 Å². The summed E-state index contributed by atoms with van der Waals surface area (Å²) < 4.78 is 0. The number of amides is 2. The van der Waals surface area contributed by atoms with E-state index in [2.05, 4.69) is 0 Å². The van der Waals surface area contributed by atoms with Crippen LogP contribution in [0.1, 0.15) is 32.8 Å². The van der Waals surface area contributed by atoms with Crippen LogP contribution in [0.4, 0.5) is 4.79 Å². The number of carboxylic acids is 1. The molecule has 2 N–H and O–H groups in total. The zero-order valence-corrected chi connectivity index (χ0v) is 13.8. The summed E-state index contributed by atoms with van der Waals surface area (Å²) in [4.78, 5) is 27.8. The first kappa shape index (κ1) is 17.1. The van der Waals surface area contributed by atoms with E-state index in [0.29, 0.717) is 26.1 Å². The Morgan fingerprint density at radius 2 is 1.87 bits per heavy atom. The molecule has 126 valence electrons. The molecule has 1 saturated heterocycles. The first-order valence-electron chi connectivity index (χ1n) is 7.90. The SMILES string of the molecule is CCC(C(=O)O)(C(C)C)N1CCN(Cc2ccc(O)cc2)C1=O. The quantitative estimate of drug-likeness (QED) is 0.844. The molecule has 0 bridgehead atoms. The lowest BCUT2D eigenvalue weighted by molar-refractivity contribution is -0.152. The van der Waals surface area contributed by atoms with Crippen LogP contribution in [0.5, 0.6) is 5.75 Å². The molecule has 0 spiro atoms. The Hall–Kier alpha value is -2.24. The van der Waals surface area contributed by atoms with Gasteiger partial charge in [0.1, 0.15) is 11.3 Å². The molecule has 1 fully saturated rings. The summed E-state index contributed by atoms with van der Waals surface area (Å²) in [5.41, 5.74) is -0.263. The van der Waals surface area contributed by atoms with Gasteiger partial charge in [-0.3, -0.25) is 0 Å². The van der Waals surface area contributed by atoms with Crippen molar-refractivity contribution in [2.45, 2.75) is 39.3 Å². The van der Waals surface area contributed by atoms with Gasteiger partial charge in [-0.05, 0) is 30.0 Å². The van der Waals surface area contributed by atoms with Gasteiger partial charge in [-0.25, -0.2) is 9.59 Å². The van der Waals surface area contributed by atoms with Crippen LogP contribution in [0, 0.1) is 5.92 Å². The van der Waals surface area contributed by atoms with Crippen LogP contribution < -0.4 is 0 Å². The lowest BCUT2D eigenvalue weighted by atomic mass is 9.82.